The molecule has 2 rings (SSSR count). The molecule has 1 aromatic rings. The van der Waals surface area contributed by atoms with Gasteiger partial charge < -0.3 is 15.7 Å². The van der Waals surface area contributed by atoms with E-state index in [9.17, 15) is 14.4 Å². The maximum absolute atomic E-state index is 12.4. The molecule has 1 aromatic carbocycles. The SMILES string of the molecule is CC(CC(=O)NC(CCC(=O)O)Cc1ccccc1)NC(=O)C1CCCC1. The van der Waals surface area contributed by atoms with Crippen LogP contribution in [-0.2, 0) is 20.8 Å². The predicted molar refractivity (Wildman–Crippen MR) is 103 cm³/mol. The molecule has 6 heteroatoms. The van der Waals surface area contributed by atoms with E-state index < -0.39 is 5.97 Å². The number of carboxylic acid groups (broad SMARTS) is 1. The molecule has 0 aliphatic heterocycles. The van der Waals surface area contributed by atoms with Crippen LogP contribution in [0.4, 0.5) is 0 Å². The van der Waals surface area contributed by atoms with Crippen molar-refractivity contribution in [3.05, 3.63) is 35.9 Å². The highest BCUT2D eigenvalue weighted by Gasteiger charge is 2.24. The molecule has 0 spiro atoms. The van der Waals surface area contributed by atoms with Gasteiger partial charge in [-0.3, -0.25) is 14.4 Å². The molecule has 0 bridgehead atoms. The zero-order valence-corrected chi connectivity index (χ0v) is 15.9. The summed E-state index contributed by atoms with van der Waals surface area (Å²) in [7, 11) is 0. The van der Waals surface area contributed by atoms with E-state index in [0.717, 1.165) is 31.2 Å². The highest BCUT2D eigenvalue weighted by molar-refractivity contribution is 5.81. The molecule has 148 valence electrons. The zero-order chi connectivity index (χ0) is 19.6. The molecule has 1 aliphatic carbocycles. The normalized spacial score (nSPS) is 16.5. The fraction of sp³-hybridized carbons (Fsp3) is 0.571. The van der Waals surface area contributed by atoms with Gasteiger partial charge in [-0.05, 0) is 38.2 Å². The second kappa shape index (κ2) is 10.7. The van der Waals surface area contributed by atoms with E-state index in [1.165, 1.54) is 0 Å². The Morgan fingerprint density at radius 2 is 1.78 bits per heavy atom. The second-order valence-electron chi connectivity index (χ2n) is 7.48. The first kappa shape index (κ1) is 20.9. The largest absolute Gasteiger partial charge is 0.481 e. The lowest BCUT2D eigenvalue weighted by Gasteiger charge is -2.21. The maximum Gasteiger partial charge on any atom is 0.303 e. The number of hydrogen-bond donors (Lipinski definition) is 3. The Balaban J connectivity index is 1.83. The van der Waals surface area contributed by atoms with Crippen LogP contribution in [0.2, 0.25) is 0 Å². The first-order valence-electron chi connectivity index (χ1n) is 9.79. The minimum absolute atomic E-state index is 0.00570. The molecule has 0 heterocycles. The van der Waals surface area contributed by atoms with E-state index in [0.29, 0.717) is 12.8 Å². The number of benzene rings is 1. The summed E-state index contributed by atoms with van der Waals surface area (Å²) in [5.41, 5.74) is 1.05. The van der Waals surface area contributed by atoms with E-state index >= 15 is 0 Å². The van der Waals surface area contributed by atoms with Crippen LogP contribution in [-0.4, -0.2) is 35.0 Å². The van der Waals surface area contributed by atoms with E-state index in [2.05, 4.69) is 10.6 Å². The van der Waals surface area contributed by atoms with Gasteiger partial charge in [0.2, 0.25) is 11.8 Å². The fourth-order valence-corrected chi connectivity index (χ4v) is 3.59. The molecular formula is C21H30N2O4. The summed E-state index contributed by atoms with van der Waals surface area (Å²) in [5.74, 6) is -0.920. The van der Waals surface area contributed by atoms with Crippen LogP contribution in [0.25, 0.3) is 0 Å². The fourth-order valence-electron chi connectivity index (χ4n) is 3.59. The van der Waals surface area contributed by atoms with Crippen molar-refractivity contribution >= 4 is 17.8 Å². The van der Waals surface area contributed by atoms with Crippen molar-refractivity contribution in [3.63, 3.8) is 0 Å². The van der Waals surface area contributed by atoms with Gasteiger partial charge in [0, 0.05) is 30.8 Å². The van der Waals surface area contributed by atoms with Crippen molar-refractivity contribution in [1.29, 1.82) is 0 Å². The lowest BCUT2D eigenvalue weighted by molar-refractivity contribution is -0.137. The van der Waals surface area contributed by atoms with Crippen molar-refractivity contribution in [2.45, 2.75) is 70.4 Å². The number of carboxylic acids is 1. The van der Waals surface area contributed by atoms with Gasteiger partial charge in [0.05, 0.1) is 0 Å². The lowest BCUT2D eigenvalue weighted by Crippen LogP contribution is -2.42. The molecule has 6 nitrogen and oxygen atoms in total. The third-order valence-electron chi connectivity index (χ3n) is 5.00. The number of aliphatic carboxylic acids is 1. The third kappa shape index (κ3) is 7.81. The first-order valence-corrected chi connectivity index (χ1v) is 9.79. The number of nitrogens with one attached hydrogen (secondary N) is 2. The summed E-state index contributed by atoms with van der Waals surface area (Å²) in [6, 6.07) is 9.21. The van der Waals surface area contributed by atoms with Gasteiger partial charge in [-0.1, -0.05) is 43.2 Å². The first-order chi connectivity index (χ1) is 12.9. The van der Waals surface area contributed by atoms with Crippen molar-refractivity contribution in [1.82, 2.24) is 10.6 Å². The summed E-state index contributed by atoms with van der Waals surface area (Å²) in [4.78, 5) is 35.5. The Morgan fingerprint density at radius 3 is 2.41 bits per heavy atom. The minimum Gasteiger partial charge on any atom is -0.481 e. The summed E-state index contributed by atoms with van der Waals surface area (Å²) in [6.45, 7) is 1.83. The van der Waals surface area contributed by atoms with Crippen LogP contribution in [0, 0.1) is 5.92 Å². The summed E-state index contributed by atoms with van der Waals surface area (Å²) in [5, 5.41) is 14.8. The standard InChI is InChI=1S/C21H30N2O4/c1-15(22-21(27)17-9-5-6-10-17)13-19(24)23-18(11-12-20(25)26)14-16-7-3-2-4-8-16/h2-4,7-8,15,17-18H,5-6,9-14H2,1H3,(H,22,27)(H,23,24)(H,25,26). The smallest absolute Gasteiger partial charge is 0.303 e. The average Bonchev–Trinajstić information content (AvgIpc) is 3.15. The van der Waals surface area contributed by atoms with Crippen molar-refractivity contribution in [2.75, 3.05) is 0 Å². The molecule has 1 fully saturated rings. The minimum atomic E-state index is -0.875. The Labute approximate surface area is 160 Å². The van der Waals surface area contributed by atoms with E-state index in [1.807, 2.05) is 37.3 Å². The van der Waals surface area contributed by atoms with Crippen molar-refractivity contribution in [2.24, 2.45) is 5.92 Å². The molecule has 0 aromatic heterocycles. The molecule has 2 amide bonds. The number of carbonyl (C=O) groups is 3. The Hall–Kier alpha value is -2.37. The van der Waals surface area contributed by atoms with Crippen LogP contribution in [0.1, 0.15) is 57.4 Å². The molecule has 1 aliphatic rings. The van der Waals surface area contributed by atoms with Crippen molar-refractivity contribution < 1.29 is 19.5 Å². The summed E-state index contributed by atoms with van der Waals surface area (Å²) < 4.78 is 0. The Bertz CT molecular complexity index is 626. The van der Waals surface area contributed by atoms with Gasteiger partial charge in [-0.15, -0.1) is 0 Å². The zero-order valence-electron chi connectivity index (χ0n) is 15.9. The Morgan fingerprint density at radius 1 is 1.11 bits per heavy atom. The number of amides is 2. The van der Waals surface area contributed by atoms with Crippen LogP contribution < -0.4 is 10.6 Å². The predicted octanol–water partition coefficient (Wildman–Crippen LogP) is 2.66. The average molecular weight is 374 g/mol. The van der Waals surface area contributed by atoms with E-state index in [1.54, 1.807) is 0 Å². The van der Waals surface area contributed by atoms with E-state index in [4.69, 9.17) is 5.11 Å². The molecular weight excluding hydrogens is 344 g/mol. The Kier molecular flexibility index (Phi) is 8.30. The van der Waals surface area contributed by atoms with Gasteiger partial charge in [0.15, 0.2) is 0 Å². The molecule has 1 saturated carbocycles. The van der Waals surface area contributed by atoms with Gasteiger partial charge >= 0.3 is 5.97 Å². The van der Waals surface area contributed by atoms with Gasteiger partial charge in [0.1, 0.15) is 0 Å². The van der Waals surface area contributed by atoms with Crippen LogP contribution in [0.15, 0.2) is 30.3 Å². The topological polar surface area (TPSA) is 95.5 Å². The van der Waals surface area contributed by atoms with E-state index in [-0.39, 0.29) is 42.7 Å². The van der Waals surface area contributed by atoms with Gasteiger partial charge in [0.25, 0.3) is 0 Å². The second-order valence-corrected chi connectivity index (χ2v) is 7.48. The molecule has 0 radical (unpaired) electrons. The van der Waals surface area contributed by atoms with Gasteiger partial charge in [-0.2, -0.15) is 0 Å². The number of carbonyl (C=O) groups excluding carboxylic acids is 2. The maximum atomic E-state index is 12.4. The summed E-state index contributed by atoms with van der Waals surface area (Å²) >= 11 is 0. The lowest BCUT2D eigenvalue weighted by atomic mass is 10.0. The molecule has 27 heavy (non-hydrogen) atoms. The van der Waals surface area contributed by atoms with Crippen LogP contribution in [0.3, 0.4) is 0 Å². The summed E-state index contributed by atoms with van der Waals surface area (Å²) in [6.07, 6.45) is 5.21. The number of hydrogen-bond acceptors (Lipinski definition) is 3. The highest BCUT2D eigenvalue weighted by atomic mass is 16.4. The molecule has 2 unspecified atom stereocenters. The van der Waals surface area contributed by atoms with Crippen LogP contribution in [0.5, 0.6) is 0 Å². The monoisotopic (exact) mass is 374 g/mol. The quantitative estimate of drug-likeness (QED) is 0.587. The van der Waals surface area contributed by atoms with Crippen molar-refractivity contribution in [3.8, 4) is 0 Å². The number of rotatable bonds is 10. The third-order valence-corrected chi connectivity index (χ3v) is 5.00. The molecule has 2 atom stereocenters. The van der Waals surface area contributed by atoms with Crippen LogP contribution >= 0.6 is 0 Å². The highest BCUT2D eigenvalue weighted by Crippen LogP contribution is 2.24. The molecule has 0 saturated heterocycles. The van der Waals surface area contributed by atoms with Gasteiger partial charge in [-0.25, -0.2) is 0 Å². The molecule has 3 N–H and O–H groups in total.